The van der Waals surface area contributed by atoms with Gasteiger partial charge in [0.2, 0.25) is 0 Å². The van der Waals surface area contributed by atoms with Gasteiger partial charge in [-0.2, -0.15) is 0 Å². The van der Waals surface area contributed by atoms with E-state index in [9.17, 15) is 0 Å². The Morgan fingerprint density at radius 1 is 1.09 bits per heavy atom. The SMILES string of the molecule is CC[C@@H](C)NCc1cc(Cl)ccc1OCc1cccc(Cl)c1. The van der Waals surface area contributed by atoms with Crippen LogP contribution in [0.2, 0.25) is 10.0 Å². The van der Waals surface area contributed by atoms with Gasteiger partial charge in [0.25, 0.3) is 0 Å². The van der Waals surface area contributed by atoms with Crippen LogP contribution in [0.5, 0.6) is 5.75 Å². The van der Waals surface area contributed by atoms with Gasteiger partial charge in [0.05, 0.1) is 0 Å². The van der Waals surface area contributed by atoms with E-state index in [0.717, 1.165) is 39.9 Å². The van der Waals surface area contributed by atoms with Gasteiger partial charge in [0.1, 0.15) is 12.4 Å². The van der Waals surface area contributed by atoms with Crippen molar-refractivity contribution in [3.63, 3.8) is 0 Å². The molecule has 4 heteroatoms. The molecule has 0 aliphatic heterocycles. The minimum atomic E-state index is 0.458. The molecule has 2 rings (SSSR count). The number of ether oxygens (including phenoxy) is 1. The maximum atomic E-state index is 6.10. The minimum Gasteiger partial charge on any atom is -0.489 e. The molecule has 0 saturated carbocycles. The molecule has 0 bridgehead atoms. The predicted octanol–water partition coefficient (Wildman–Crippen LogP) is 5.46. The van der Waals surface area contributed by atoms with Crippen LogP contribution in [0.15, 0.2) is 42.5 Å². The first kappa shape index (κ1) is 17.1. The highest BCUT2D eigenvalue weighted by Gasteiger charge is 2.07. The normalized spacial score (nSPS) is 12.2. The van der Waals surface area contributed by atoms with Crippen LogP contribution in [0.3, 0.4) is 0 Å². The molecule has 118 valence electrons. The molecule has 22 heavy (non-hydrogen) atoms. The van der Waals surface area contributed by atoms with E-state index in [1.165, 1.54) is 0 Å². The Labute approximate surface area is 142 Å². The molecule has 2 aromatic carbocycles. The van der Waals surface area contributed by atoms with E-state index in [0.29, 0.717) is 12.6 Å². The first-order chi connectivity index (χ1) is 10.6. The quantitative estimate of drug-likeness (QED) is 0.724. The Hall–Kier alpha value is -1.22. The van der Waals surface area contributed by atoms with Crippen molar-refractivity contribution in [3.8, 4) is 5.75 Å². The molecular weight excluding hydrogens is 317 g/mol. The van der Waals surface area contributed by atoms with Gasteiger partial charge in [-0.25, -0.2) is 0 Å². The van der Waals surface area contributed by atoms with Crippen molar-refractivity contribution in [2.24, 2.45) is 0 Å². The van der Waals surface area contributed by atoms with Gasteiger partial charge in [-0.3, -0.25) is 0 Å². The van der Waals surface area contributed by atoms with Crippen molar-refractivity contribution < 1.29 is 4.74 Å². The van der Waals surface area contributed by atoms with Crippen molar-refractivity contribution in [1.82, 2.24) is 5.32 Å². The summed E-state index contributed by atoms with van der Waals surface area (Å²) >= 11 is 12.1. The summed E-state index contributed by atoms with van der Waals surface area (Å²) in [6.45, 7) is 5.54. The summed E-state index contributed by atoms with van der Waals surface area (Å²) in [6.07, 6.45) is 1.08. The summed E-state index contributed by atoms with van der Waals surface area (Å²) < 4.78 is 5.94. The van der Waals surface area contributed by atoms with Crippen LogP contribution in [-0.4, -0.2) is 6.04 Å². The van der Waals surface area contributed by atoms with Gasteiger partial charge in [-0.05, 0) is 49.2 Å². The van der Waals surface area contributed by atoms with Gasteiger partial charge in [-0.1, -0.05) is 42.3 Å². The molecule has 0 radical (unpaired) electrons. The molecule has 1 atom stereocenters. The summed E-state index contributed by atoms with van der Waals surface area (Å²) in [7, 11) is 0. The Morgan fingerprint density at radius 2 is 1.86 bits per heavy atom. The van der Waals surface area contributed by atoms with E-state index >= 15 is 0 Å². The van der Waals surface area contributed by atoms with E-state index in [2.05, 4.69) is 19.2 Å². The summed E-state index contributed by atoms with van der Waals surface area (Å²) in [5.41, 5.74) is 2.11. The van der Waals surface area contributed by atoms with Crippen molar-refractivity contribution in [2.45, 2.75) is 39.5 Å². The van der Waals surface area contributed by atoms with E-state index < -0.39 is 0 Å². The minimum absolute atomic E-state index is 0.458. The summed E-state index contributed by atoms with van der Waals surface area (Å²) in [6, 6.07) is 13.9. The number of hydrogen-bond donors (Lipinski definition) is 1. The molecule has 0 spiro atoms. The average molecular weight is 338 g/mol. The first-order valence-electron chi connectivity index (χ1n) is 7.47. The third kappa shape index (κ3) is 5.20. The Balaban J connectivity index is 2.06. The van der Waals surface area contributed by atoms with Crippen molar-refractivity contribution in [2.75, 3.05) is 0 Å². The van der Waals surface area contributed by atoms with E-state index in [-0.39, 0.29) is 0 Å². The lowest BCUT2D eigenvalue weighted by atomic mass is 10.1. The van der Waals surface area contributed by atoms with Gasteiger partial charge in [0.15, 0.2) is 0 Å². The fraction of sp³-hybridized carbons (Fsp3) is 0.333. The summed E-state index contributed by atoms with van der Waals surface area (Å²) in [4.78, 5) is 0. The molecule has 0 aliphatic carbocycles. The maximum absolute atomic E-state index is 6.10. The zero-order chi connectivity index (χ0) is 15.9. The number of benzene rings is 2. The molecule has 0 aliphatic rings. The summed E-state index contributed by atoms with van der Waals surface area (Å²) in [5, 5.41) is 4.90. The smallest absolute Gasteiger partial charge is 0.124 e. The fourth-order valence-corrected chi connectivity index (χ4v) is 2.45. The zero-order valence-corrected chi connectivity index (χ0v) is 14.4. The number of hydrogen-bond acceptors (Lipinski definition) is 2. The van der Waals surface area contributed by atoms with Gasteiger partial charge >= 0.3 is 0 Å². The monoisotopic (exact) mass is 337 g/mol. The topological polar surface area (TPSA) is 21.3 Å². The zero-order valence-electron chi connectivity index (χ0n) is 12.9. The second-order valence-corrected chi connectivity index (χ2v) is 6.23. The van der Waals surface area contributed by atoms with E-state index in [1.807, 2.05) is 42.5 Å². The average Bonchev–Trinajstić information content (AvgIpc) is 2.51. The lowest BCUT2D eigenvalue weighted by molar-refractivity contribution is 0.301. The molecule has 1 N–H and O–H groups in total. The molecule has 0 aromatic heterocycles. The van der Waals surface area contributed by atoms with Gasteiger partial charge < -0.3 is 10.1 Å². The highest BCUT2D eigenvalue weighted by molar-refractivity contribution is 6.30. The van der Waals surface area contributed by atoms with E-state index in [1.54, 1.807) is 0 Å². The largest absolute Gasteiger partial charge is 0.489 e. The highest BCUT2D eigenvalue weighted by atomic mass is 35.5. The van der Waals surface area contributed by atoms with Crippen molar-refractivity contribution in [3.05, 3.63) is 63.6 Å². The molecule has 0 unspecified atom stereocenters. The third-order valence-electron chi connectivity index (χ3n) is 3.56. The third-order valence-corrected chi connectivity index (χ3v) is 4.03. The van der Waals surface area contributed by atoms with Crippen LogP contribution < -0.4 is 10.1 Å². The molecule has 0 saturated heterocycles. The van der Waals surface area contributed by atoms with Crippen LogP contribution >= 0.6 is 23.2 Å². The molecule has 0 fully saturated rings. The predicted molar refractivity (Wildman–Crippen MR) is 93.8 cm³/mol. The Kier molecular flexibility index (Phi) is 6.56. The fourth-order valence-electron chi connectivity index (χ4n) is 2.04. The van der Waals surface area contributed by atoms with Crippen molar-refractivity contribution >= 4 is 23.2 Å². The number of halogens is 2. The number of rotatable bonds is 7. The van der Waals surface area contributed by atoms with Crippen molar-refractivity contribution in [1.29, 1.82) is 0 Å². The Morgan fingerprint density at radius 3 is 2.59 bits per heavy atom. The second-order valence-electron chi connectivity index (χ2n) is 5.36. The molecule has 2 nitrogen and oxygen atoms in total. The van der Waals surface area contributed by atoms with Crippen LogP contribution in [-0.2, 0) is 13.2 Å². The van der Waals surface area contributed by atoms with Crippen LogP contribution in [0.4, 0.5) is 0 Å². The van der Waals surface area contributed by atoms with Gasteiger partial charge in [-0.15, -0.1) is 0 Å². The van der Waals surface area contributed by atoms with Crippen LogP contribution in [0, 0.1) is 0 Å². The van der Waals surface area contributed by atoms with Crippen LogP contribution in [0.25, 0.3) is 0 Å². The highest BCUT2D eigenvalue weighted by Crippen LogP contribution is 2.24. The number of nitrogens with one attached hydrogen (secondary N) is 1. The second kappa shape index (κ2) is 8.42. The first-order valence-corrected chi connectivity index (χ1v) is 8.23. The van der Waals surface area contributed by atoms with Crippen LogP contribution in [0.1, 0.15) is 31.4 Å². The lowest BCUT2D eigenvalue weighted by Crippen LogP contribution is -2.24. The Bertz CT molecular complexity index is 616. The lowest BCUT2D eigenvalue weighted by Gasteiger charge is -2.15. The van der Waals surface area contributed by atoms with Gasteiger partial charge in [0, 0.05) is 28.2 Å². The molecule has 0 heterocycles. The molecule has 2 aromatic rings. The van der Waals surface area contributed by atoms with E-state index in [4.69, 9.17) is 27.9 Å². The summed E-state index contributed by atoms with van der Waals surface area (Å²) in [5.74, 6) is 0.847. The molecule has 0 amide bonds. The standard InChI is InChI=1S/C18H21Cl2NO/c1-3-13(2)21-11-15-10-17(20)7-8-18(15)22-12-14-5-4-6-16(19)9-14/h4-10,13,21H,3,11-12H2,1-2H3/t13-/m1/s1. The maximum Gasteiger partial charge on any atom is 0.124 e. The molecular formula is C18H21Cl2NO.